The van der Waals surface area contributed by atoms with Crippen molar-refractivity contribution in [2.75, 3.05) is 26.5 Å². The molecule has 0 saturated heterocycles. The summed E-state index contributed by atoms with van der Waals surface area (Å²) in [5.74, 6) is 1.39. The lowest BCUT2D eigenvalue weighted by atomic mass is 10.1. The largest absolute Gasteiger partial charge is 0.489 e. The topological polar surface area (TPSA) is 89.7 Å². The number of benzene rings is 3. The van der Waals surface area contributed by atoms with Crippen molar-refractivity contribution in [3.05, 3.63) is 89.5 Å². The zero-order valence-corrected chi connectivity index (χ0v) is 20.7. The van der Waals surface area contributed by atoms with Gasteiger partial charge in [-0.2, -0.15) is 5.10 Å². The number of hydrazone groups is 1. The summed E-state index contributed by atoms with van der Waals surface area (Å²) in [5, 5.41) is 18.1. The summed E-state index contributed by atoms with van der Waals surface area (Å²) in [4.78, 5) is 10.5. The van der Waals surface area contributed by atoms with Crippen LogP contribution in [0.25, 0.3) is 10.9 Å². The lowest BCUT2D eigenvalue weighted by Gasteiger charge is -2.20. The molecule has 0 spiro atoms. The van der Waals surface area contributed by atoms with Crippen molar-refractivity contribution in [2.24, 2.45) is 5.10 Å². The second-order valence-corrected chi connectivity index (χ2v) is 8.51. The molecule has 0 fully saturated rings. The van der Waals surface area contributed by atoms with Gasteiger partial charge in [-0.3, -0.25) is 5.41 Å². The number of nitrogens with zero attached hydrogens (tertiary/aromatic N) is 5. The Morgan fingerprint density at radius 1 is 1.08 bits per heavy atom. The minimum atomic E-state index is -0.279. The van der Waals surface area contributed by atoms with E-state index in [-0.39, 0.29) is 18.4 Å². The molecule has 0 saturated carbocycles. The van der Waals surface area contributed by atoms with Crippen LogP contribution >= 0.6 is 0 Å². The Morgan fingerprint density at radius 3 is 2.67 bits per heavy atom. The molecular weight excluding hydrogens is 457 g/mol. The highest BCUT2D eigenvalue weighted by molar-refractivity contribution is 5.95. The van der Waals surface area contributed by atoms with Gasteiger partial charge in [-0.15, -0.1) is 0 Å². The fourth-order valence-electron chi connectivity index (χ4n) is 3.57. The molecule has 0 aliphatic rings. The molecule has 8 nitrogen and oxygen atoms in total. The Hall–Kier alpha value is -4.53. The number of aromatic nitrogens is 2. The minimum absolute atomic E-state index is 0.274. The highest BCUT2D eigenvalue weighted by Crippen LogP contribution is 2.28. The smallest absolute Gasteiger partial charge is 0.213 e. The molecule has 0 unspecified atom stereocenters. The lowest BCUT2D eigenvalue weighted by Crippen LogP contribution is -2.33. The van der Waals surface area contributed by atoms with Gasteiger partial charge in [0.1, 0.15) is 30.3 Å². The highest BCUT2D eigenvalue weighted by Gasteiger charge is 2.08. The summed E-state index contributed by atoms with van der Waals surface area (Å²) >= 11 is 0. The number of nitrogens with one attached hydrogen (secondary N) is 2. The molecule has 2 N–H and O–H groups in total. The lowest BCUT2D eigenvalue weighted by molar-refractivity contribution is 0.303. The first-order valence-corrected chi connectivity index (χ1v) is 11.3. The number of fused-ring (bicyclic) bond motifs is 1. The van der Waals surface area contributed by atoms with Crippen LogP contribution in [0.2, 0.25) is 0 Å². The molecule has 0 atom stereocenters. The standard InChI is InChI=1S/C27H28FN7O/c1-18-12-22(9-11-25(18)36-16-20-6-5-7-21(28)13-20)33-26-23-14-19(8-10-24(23)30-17-31-26)15-32-35(4)27(29)34(2)3/h5-15,17,29H,16H2,1-4H3,(H,30,31,33)/b29-27?,32-15+. The molecule has 1 heterocycles. The summed E-state index contributed by atoms with van der Waals surface area (Å²) in [6, 6.07) is 17.9. The van der Waals surface area contributed by atoms with Gasteiger partial charge in [0.15, 0.2) is 0 Å². The quantitative estimate of drug-likeness (QED) is 0.213. The predicted octanol–water partition coefficient (Wildman–Crippen LogP) is 5.16. The molecular formula is C27H28FN7O. The van der Waals surface area contributed by atoms with Gasteiger partial charge in [0, 0.05) is 32.2 Å². The van der Waals surface area contributed by atoms with Crippen LogP contribution in [0.1, 0.15) is 16.7 Å². The van der Waals surface area contributed by atoms with Crippen LogP contribution in [-0.4, -0.2) is 53.2 Å². The molecule has 0 aliphatic carbocycles. The number of aryl methyl sites for hydroxylation is 1. The van der Waals surface area contributed by atoms with Crippen molar-refractivity contribution < 1.29 is 9.13 Å². The van der Waals surface area contributed by atoms with E-state index in [0.29, 0.717) is 5.82 Å². The molecule has 4 rings (SSSR count). The van der Waals surface area contributed by atoms with Crippen LogP contribution in [0, 0.1) is 18.2 Å². The second-order valence-electron chi connectivity index (χ2n) is 8.51. The van der Waals surface area contributed by atoms with E-state index in [9.17, 15) is 4.39 Å². The Bertz CT molecular complexity index is 1420. The van der Waals surface area contributed by atoms with Crippen molar-refractivity contribution in [1.29, 1.82) is 5.41 Å². The third-order valence-corrected chi connectivity index (χ3v) is 5.49. The number of hydrogen-bond acceptors (Lipinski definition) is 6. The van der Waals surface area contributed by atoms with Crippen molar-refractivity contribution in [2.45, 2.75) is 13.5 Å². The summed E-state index contributed by atoms with van der Waals surface area (Å²) in [6.07, 6.45) is 3.22. The van der Waals surface area contributed by atoms with Crippen LogP contribution < -0.4 is 10.1 Å². The van der Waals surface area contributed by atoms with Crippen LogP contribution in [-0.2, 0) is 6.61 Å². The van der Waals surface area contributed by atoms with Gasteiger partial charge in [-0.05, 0) is 66.1 Å². The molecule has 0 amide bonds. The average Bonchev–Trinajstić information content (AvgIpc) is 2.86. The number of halogens is 1. The third kappa shape index (κ3) is 5.93. The van der Waals surface area contributed by atoms with E-state index < -0.39 is 0 Å². The zero-order valence-electron chi connectivity index (χ0n) is 20.7. The Balaban J connectivity index is 1.51. The van der Waals surface area contributed by atoms with Gasteiger partial charge < -0.3 is 15.0 Å². The van der Waals surface area contributed by atoms with E-state index in [1.165, 1.54) is 23.5 Å². The molecule has 0 bridgehead atoms. The van der Waals surface area contributed by atoms with Crippen molar-refractivity contribution in [1.82, 2.24) is 19.9 Å². The summed E-state index contributed by atoms with van der Waals surface area (Å²) in [5.41, 5.74) is 4.22. The van der Waals surface area contributed by atoms with Gasteiger partial charge in [0.05, 0.1) is 11.7 Å². The van der Waals surface area contributed by atoms with Gasteiger partial charge in [-0.25, -0.2) is 19.4 Å². The maximum Gasteiger partial charge on any atom is 0.213 e. The fraction of sp³-hybridized carbons (Fsp3) is 0.185. The molecule has 1 aromatic heterocycles. The predicted molar refractivity (Wildman–Crippen MR) is 142 cm³/mol. The van der Waals surface area contributed by atoms with Crippen molar-refractivity contribution in [3.63, 3.8) is 0 Å². The minimum Gasteiger partial charge on any atom is -0.489 e. The van der Waals surface area contributed by atoms with Crippen LogP contribution in [0.4, 0.5) is 15.9 Å². The van der Waals surface area contributed by atoms with Gasteiger partial charge in [0.2, 0.25) is 5.96 Å². The number of guanidine groups is 1. The van der Waals surface area contributed by atoms with Gasteiger partial charge in [0.25, 0.3) is 0 Å². The molecule has 184 valence electrons. The number of rotatable bonds is 7. The van der Waals surface area contributed by atoms with Crippen LogP contribution in [0.3, 0.4) is 0 Å². The monoisotopic (exact) mass is 485 g/mol. The van der Waals surface area contributed by atoms with Crippen molar-refractivity contribution >= 4 is 34.6 Å². The summed E-state index contributed by atoms with van der Waals surface area (Å²) < 4.78 is 19.3. The van der Waals surface area contributed by atoms with E-state index in [1.54, 1.807) is 38.3 Å². The van der Waals surface area contributed by atoms with E-state index >= 15 is 0 Å². The first-order chi connectivity index (χ1) is 17.3. The molecule has 0 radical (unpaired) electrons. The van der Waals surface area contributed by atoms with Crippen LogP contribution in [0.5, 0.6) is 5.75 Å². The SMILES string of the molecule is Cc1cc(Nc2ncnc3ccc(/C=N/N(C)C(=N)N(C)C)cc23)ccc1OCc1cccc(F)c1. The van der Waals surface area contributed by atoms with E-state index in [2.05, 4.69) is 20.4 Å². The Morgan fingerprint density at radius 2 is 1.92 bits per heavy atom. The molecule has 9 heteroatoms. The molecule has 36 heavy (non-hydrogen) atoms. The molecule has 3 aromatic carbocycles. The number of hydrogen-bond donors (Lipinski definition) is 2. The van der Waals surface area contributed by atoms with E-state index in [0.717, 1.165) is 39.0 Å². The average molecular weight is 486 g/mol. The van der Waals surface area contributed by atoms with Crippen molar-refractivity contribution in [3.8, 4) is 5.75 Å². The van der Waals surface area contributed by atoms with E-state index in [1.807, 2.05) is 49.4 Å². The maximum absolute atomic E-state index is 13.4. The third-order valence-electron chi connectivity index (χ3n) is 5.49. The second kappa shape index (κ2) is 10.8. The van der Waals surface area contributed by atoms with Gasteiger partial charge >= 0.3 is 0 Å². The summed E-state index contributed by atoms with van der Waals surface area (Å²) in [6.45, 7) is 2.25. The van der Waals surface area contributed by atoms with Crippen LogP contribution in [0.15, 0.2) is 72.1 Å². The first kappa shape index (κ1) is 24.6. The van der Waals surface area contributed by atoms with E-state index in [4.69, 9.17) is 10.1 Å². The Kier molecular flexibility index (Phi) is 7.39. The molecule has 4 aromatic rings. The molecule has 0 aliphatic heterocycles. The summed E-state index contributed by atoms with van der Waals surface area (Å²) in [7, 11) is 5.32. The zero-order chi connectivity index (χ0) is 25.7. The first-order valence-electron chi connectivity index (χ1n) is 11.3. The highest BCUT2D eigenvalue weighted by atomic mass is 19.1. The maximum atomic E-state index is 13.4. The van der Waals surface area contributed by atoms with Gasteiger partial charge in [-0.1, -0.05) is 18.2 Å². The number of ether oxygens (including phenoxy) is 1. The Labute approximate surface area is 209 Å². The fourth-order valence-corrected chi connectivity index (χ4v) is 3.57. The normalized spacial score (nSPS) is 11.0. The number of anilines is 2.